The molecule has 0 aliphatic carbocycles. The number of hydrogen-bond acceptors (Lipinski definition) is 3. The molecule has 1 N–H and O–H groups in total. The van der Waals surface area contributed by atoms with Gasteiger partial charge in [-0.2, -0.15) is 0 Å². The Balaban J connectivity index is 2.26. The molecule has 2 rings (SSSR count). The van der Waals surface area contributed by atoms with Gasteiger partial charge in [-0.15, -0.1) is 0 Å². The zero-order chi connectivity index (χ0) is 13.8. The second-order valence-electron chi connectivity index (χ2n) is 4.70. The lowest BCUT2D eigenvalue weighted by molar-refractivity contribution is 0.0664. The van der Waals surface area contributed by atoms with Gasteiger partial charge < -0.3 is 14.7 Å². The number of nitrogens with zero attached hydrogens (tertiary/aromatic N) is 1. The van der Waals surface area contributed by atoms with Crippen LogP contribution in [0.2, 0.25) is 0 Å². The molecule has 1 unspecified atom stereocenters. The molecule has 5 heteroatoms. The van der Waals surface area contributed by atoms with E-state index >= 15 is 0 Å². The highest BCUT2D eigenvalue weighted by Crippen LogP contribution is 2.25. The van der Waals surface area contributed by atoms with Gasteiger partial charge in [0.25, 0.3) is 0 Å². The molecule has 1 aliphatic heterocycles. The maximum atomic E-state index is 11.1. The van der Waals surface area contributed by atoms with Gasteiger partial charge >= 0.3 is 5.97 Å². The SMILES string of the molecule is CCC1CN(c2cc(Br)cc(C(=O)O)c2)CCCO1. The van der Waals surface area contributed by atoms with E-state index < -0.39 is 5.97 Å². The number of hydrogen-bond donors (Lipinski definition) is 1. The second-order valence-corrected chi connectivity index (χ2v) is 5.62. The molecule has 1 aliphatic rings. The lowest BCUT2D eigenvalue weighted by Crippen LogP contribution is -2.31. The summed E-state index contributed by atoms with van der Waals surface area (Å²) in [5, 5.41) is 9.12. The van der Waals surface area contributed by atoms with E-state index in [-0.39, 0.29) is 6.10 Å². The first kappa shape index (κ1) is 14.3. The molecule has 0 saturated carbocycles. The highest BCUT2D eigenvalue weighted by Gasteiger charge is 2.19. The fourth-order valence-electron chi connectivity index (χ4n) is 2.26. The Morgan fingerprint density at radius 2 is 2.32 bits per heavy atom. The molecular weight excluding hydrogens is 310 g/mol. The number of carbonyl (C=O) groups is 1. The summed E-state index contributed by atoms with van der Waals surface area (Å²) in [5.41, 5.74) is 1.25. The smallest absolute Gasteiger partial charge is 0.335 e. The Bertz CT molecular complexity index is 464. The van der Waals surface area contributed by atoms with E-state index in [0.717, 1.165) is 42.7 Å². The fraction of sp³-hybridized carbons (Fsp3) is 0.500. The van der Waals surface area contributed by atoms with Crippen LogP contribution in [0.5, 0.6) is 0 Å². The molecule has 1 aromatic carbocycles. The Kier molecular flexibility index (Phi) is 4.82. The van der Waals surface area contributed by atoms with E-state index in [0.29, 0.717) is 5.56 Å². The quantitative estimate of drug-likeness (QED) is 0.926. The highest BCUT2D eigenvalue weighted by molar-refractivity contribution is 9.10. The van der Waals surface area contributed by atoms with Crippen molar-refractivity contribution in [3.05, 3.63) is 28.2 Å². The van der Waals surface area contributed by atoms with Crippen molar-refractivity contribution in [3.8, 4) is 0 Å². The molecule has 1 fully saturated rings. The Morgan fingerprint density at radius 3 is 3.00 bits per heavy atom. The van der Waals surface area contributed by atoms with Crippen LogP contribution < -0.4 is 4.90 Å². The Labute approximate surface area is 121 Å². The lowest BCUT2D eigenvalue weighted by atomic mass is 10.1. The zero-order valence-corrected chi connectivity index (χ0v) is 12.5. The zero-order valence-electron chi connectivity index (χ0n) is 10.9. The van der Waals surface area contributed by atoms with Crippen molar-refractivity contribution < 1.29 is 14.6 Å². The van der Waals surface area contributed by atoms with Crippen LogP contribution in [0.3, 0.4) is 0 Å². The summed E-state index contributed by atoms with van der Waals surface area (Å²) in [6.45, 7) is 4.59. The summed E-state index contributed by atoms with van der Waals surface area (Å²) in [7, 11) is 0. The maximum absolute atomic E-state index is 11.1. The van der Waals surface area contributed by atoms with Gasteiger partial charge in [0.15, 0.2) is 0 Å². The van der Waals surface area contributed by atoms with Gasteiger partial charge in [-0.05, 0) is 31.0 Å². The molecule has 1 atom stereocenters. The second kappa shape index (κ2) is 6.39. The van der Waals surface area contributed by atoms with Gasteiger partial charge in [-0.1, -0.05) is 22.9 Å². The van der Waals surface area contributed by atoms with Crippen LogP contribution in [-0.4, -0.2) is 36.9 Å². The number of benzene rings is 1. The third-order valence-electron chi connectivity index (χ3n) is 3.30. The minimum atomic E-state index is -0.902. The lowest BCUT2D eigenvalue weighted by Gasteiger charge is -2.26. The van der Waals surface area contributed by atoms with E-state index in [4.69, 9.17) is 9.84 Å². The summed E-state index contributed by atoms with van der Waals surface area (Å²) in [4.78, 5) is 13.3. The summed E-state index contributed by atoms with van der Waals surface area (Å²) in [5.74, 6) is -0.902. The molecule has 0 amide bonds. The standard InChI is InChI=1S/C14H18BrNO3/c1-2-13-9-16(4-3-5-19-13)12-7-10(14(17)18)6-11(15)8-12/h6-8,13H,2-5,9H2,1H3,(H,17,18). The van der Waals surface area contributed by atoms with E-state index in [1.54, 1.807) is 12.1 Å². The normalized spacial score (nSPS) is 20.1. The Hall–Kier alpha value is -1.07. The van der Waals surface area contributed by atoms with E-state index in [9.17, 15) is 4.79 Å². The molecule has 1 heterocycles. The van der Waals surface area contributed by atoms with Crippen molar-refractivity contribution in [2.24, 2.45) is 0 Å². The first-order valence-corrected chi connectivity index (χ1v) is 7.30. The van der Waals surface area contributed by atoms with Crippen molar-refractivity contribution in [1.29, 1.82) is 0 Å². The van der Waals surface area contributed by atoms with Gasteiger partial charge in [0.1, 0.15) is 0 Å². The van der Waals surface area contributed by atoms with Crippen LogP contribution in [0, 0.1) is 0 Å². The van der Waals surface area contributed by atoms with E-state index in [1.165, 1.54) is 0 Å². The molecule has 1 saturated heterocycles. The van der Waals surface area contributed by atoms with Crippen molar-refractivity contribution in [2.75, 3.05) is 24.6 Å². The summed E-state index contributed by atoms with van der Waals surface area (Å²) < 4.78 is 6.53. The van der Waals surface area contributed by atoms with E-state index in [2.05, 4.69) is 27.8 Å². The van der Waals surface area contributed by atoms with Gasteiger partial charge in [0.05, 0.1) is 11.7 Å². The maximum Gasteiger partial charge on any atom is 0.335 e. The number of aromatic carboxylic acids is 1. The summed E-state index contributed by atoms with van der Waals surface area (Å²) in [6, 6.07) is 5.31. The topological polar surface area (TPSA) is 49.8 Å². The average molecular weight is 328 g/mol. The number of anilines is 1. The molecule has 0 radical (unpaired) electrons. The number of carboxylic acid groups (broad SMARTS) is 1. The Morgan fingerprint density at radius 1 is 1.53 bits per heavy atom. The molecular formula is C14H18BrNO3. The molecule has 1 aromatic rings. The largest absolute Gasteiger partial charge is 0.478 e. The molecule has 19 heavy (non-hydrogen) atoms. The predicted octanol–water partition coefficient (Wildman–Crippen LogP) is 3.15. The molecule has 0 spiro atoms. The van der Waals surface area contributed by atoms with Crippen LogP contribution in [0.1, 0.15) is 30.1 Å². The fourth-order valence-corrected chi connectivity index (χ4v) is 2.74. The predicted molar refractivity (Wildman–Crippen MR) is 78.0 cm³/mol. The third-order valence-corrected chi connectivity index (χ3v) is 3.76. The summed E-state index contributed by atoms with van der Waals surface area (Å²) >= 11 is 3.38. The number of carboxylic acids is 1. The molecule has 104 valence electrons. The first-order chi connectivity index (χ1) is 9.10. The minimum absolute atomic E-state index is 0.217. The number of ether oxygens (including phenoxy) is 1. The first-order valence-electron chi connectivity index (χ1n) is 6.50. The monoisotopic (exact) mass is 327 g/mol. The third kappa shape index (κ3) is 3.70. The highest BCUT2D eigenvalue weighted by atomic mass is 79.9. The van der Waals surface area contributed by atoms with Gasteiger partial charge in [0, 0.05) is 29.9 Å². The van der Waals surface area contributed by atoms with Crippen molar-refractivity contribution in [2.45, 2.75) is 25.9 Å². The van der Waals surface area contributed by atoms with Gasteiger partial charge in [-0.25, -0.2) is 4.79 Å². The number of halogens is 1. The van der Waals surface area contributed by atoms with Crippen molar-refractivity contribution >= 4 is 27.6 Å². The van der Waals surface area contributed by atoms with Crippen LogP contribution in [-0.2, 0) is 4.74 Å². The molecule has 4 nitrogen and oxygen atoms in total. The number of rotatable bonds is 3. The van der Waals surface area contributed by atoms with Gasteiger partial charge in [-0.3, -0.25) is 0 Å². The molecule has 0 aromatic heterocycles. The van der Waals surface area contributed by atoms with Crippen LogP contribution >= 0.6 is 15.9 Å². The summed E-state index contributed by atoms with van der Waals surface area (Å²) in [6.07, 6.45) is 2.15. The van der Waals surface area contributed by atoms with Crippen molar-refractivity contribution in [1.82, 2.24) is 0 Å². The van der Waals surface area contributed by atoms with E-state index in [1.807, 2.05) is 6.07 Å². The van der Waals surface area contributed by atoms with Crippen LogP contribution in [0.25, 0.3) is 0 Å². The molecule has 0 bridgehead atoms. The van der Waals surface area contributed by atoms with Crippen LogP contribution in [0.15, 0.2) is 22.7 Å². The van der Waals surface area contributed by atoms with Gasteiger partial charge in [0.2, 0.25) is 0 Å². The minimum Gasteiger partial charge on any atom is -0.478 e. The van der Waals surface area contributed by atoms with Crippen LogP contribution in [0.4, 0.5) is 5.69 Å². The average Bonchev–Trinajstić information content (AvgIpc) is 2.63. The van der Waals surface area contributed by atoms with Crippen molar-refractivity contribution in [3.63, 3.8) is 0 Å².